The van der Waals surface area contributed by atoms with Crippen LogP contribution < -0.4 is 0 Å². The Morgan fingerprint density at radius 1 is 1.31 bits per heavy atom. The van der Waals surface area contributed by atoms with Gasteiger partial charge in [0.25, 0.3) is 0 Å². The number of nitrogens with zero attached hydrogens (tertiary/aromatic N) is 1. The van der Waals surface area contributed by atoms with E-state index in [1.807, 2.05) is 20.8 Å². The van der Waals surface area contributed by atoms with E-state index in [4.69, 9.17) is 4.74 Å². The Hall–Kier alpha value is -1.06. The highest BCUT2D eigenvalue weighted by atomic mass is 16.5. The van der Waals surface area contributed by atoms with E-state index in [1.54, 1.807) is 4.90 Å². The van der Waals surface area contributed by atoms with E-state index in [0.29, 0.717) is 18.6 Å². The molecule has 0 N–H and O–H groups in total. The molecule has 0 aromatic rings. The molecule has 1 saturated carbocycles. The maximum Gasteiger partial charge on any atom is 0.410 e. The fourth-order valence-electron chi connectivity index (χ4n) is 2.25. The second-order valence-corrected chi connectivity index (χ2v) is 5.28. The summed E-state index contributed by atoms with van der Waals surface area (Å²) >= 11 is 0. The zero-order valence-corrected chi connectivity index (χ0v) is 10.6. The van der Waals surface area contributed by atoms with Crippen molar-refractivity contribution in [3.63, 3.8) is 0 Å². The maximum absolute atomic E-state index is 11.8. The van der Waals surface area contributed by atoms with Crippen LogP contribution >= 0.6 is 0 Å². The summed E-state index contributed by atoms with van der Waals surface area (Å²) in [5.41, 5.74) is -0.266. The molecule has 1 aliphatic rings. The summed E-state index contributed by atoms with van der Waals surface area (Å²) in [4.78, 5) is 24.7. The number of ketones is 1. The molecule has 4 nitrogen and oxygen atoms in total. The molecule has 0 bridgehead atoms. The number of hydrogen-bond donors (Lipinski definition) is 0. The van der Waals surface area contributed by atoms with Crippen LogP contribution in [0.4, 0.5) is 4.79 Å². The van der Waals surface area contributed by atoms with Crippen LogP contribution in [0.1, 0.15) is 46.5 Å². The second kappa shape index (κ2) is 4.85. The average Bonchev–Trinajstić information content (AvgIpc) is 2.19. The minimum absolute atomic E-state index is 0.130. The average molecular weight is 227 g/mol. The summed E-state index contributed by atoms with van der Waals surface area (Å²) in [6.45, 7) is 5.96. The monoisotopic (exact) mass is 227 g/mol. The zero-order chi connectivity index (χ0) is 12.3. The van der Waals surface area contributed by atoms with Gasteiger partial charge in [-0.05, 0) is 33.6 Å². The van der Waals surface area contributed by atoms with Gasteiger partial charge in [0.1, 0.15) is 5.78 Å². The summed E-state index contributed by atoms with van der Waals surface area (Å²) in [6, 6.07) is 0.130. The quantitative estimate of drug-likeness (QED) is 0.691. The first kappa shape index (κ1) is 13.0. The number of carbonyl (C=O) groups is 2. The van der Waals surface area contributed by atoms with Crippen molar-refractivity contribution in [3.8, 4) is 0 Å². The van der Waals surface area contributed by atoms with Crippen LogP contribution in [0.25, 0.3) is 0 Å². The van der Waals surface area contributed by atoms with Gasteiger partial charge in [-0.15, -0.1) is 0 Å². The number of Topliss-reactive ketones (excluding diaryl/α,β-unsaturated/α-hetero) is 1. The summed E-state index contributed by atoms with van der Waals surface area (Å²) < 4.78 is 4.82. The van der Waals surface area contributed by atoms with Crippen LogP contribution in [0.2, 0.25) is 0 Å². The minimum Gasteiger partial charge on any atom is -0.453 e. The fourth-order valence-corrected chi connectivity index (χ4v) is 2.25. The van der Waals surface area contributed by atoms with Gasteiger partial charge in [-0.25, -0.2) is 4.79 Å². The number of rotatable bonds is 1. The van der Waals surface area contributed by atoms with E-state index in [0.717, 1.165) is 12.8 Å². The molecule has 1 amide bonds. The molecule has 0 saturated heterocycles. The molecular weight excluding hydrogens is 206 g/mol. The third-order valence-corrected chi connectivity index (χ3v) is 2.97. The Labute approximate surface area is 96.9 Å². The molecular formula is C12H21NO3. The third-order valence-electron chi connectivity index (χ3n) is 2.97. The lowest BCUT2D eigenvalue weighted by molar-refractivity contribution is -0.121. The highest BCUT2D eigenvalue weighted by Gasteiger charge is 2.35. The Morgan fingerprint density at radius 3 is 2.19 bits per heavy atom. The molecule has 0 atom stereocenters. The van der Waals surface area contributed by atoms with Gasteiger partial charge in [-0.3, -0.25) is 4.79 Å². The highest BCUT2D eigenvalue weighted by Crippen LogP contribution is 2.27. The van der Waals surface area contributed by atoms with Crippen LogP contribution in [-0.4, -0.2) is 35.5 Å². The first-order valence-electron chi connectivity index (χ1n) is 5.75. The van der Waals surface area contributed by atoms with Crippen molar-refractivity contribution in [2.75, 3.05) is 7.11 Å². The lowest BCUT2D eigenvalue weighted by Crippen LogP contribution is -2.52. The summed E-state index contributed by atoms with van der Waals surface area (Å²) in [7, 11) is 1.40. The predicted octanol–water partition coefficient (Wildman–Crippen LogP) is 2.37. The molecule has 1 fully saturated rings. The van der Waals surface area contributed by atoms with E-state index >= 15 is 0 Å². The first-order chi connectivity index (χ1) is 7.36. The van der Waals surface area contributed by atoms with Gasteiger partial charge in [0, 0.05) is 24.4 Å². The Balaban J connectivity index is 2.77. The van der Waals surface area contributed by atoms with Crippen molar-refractivity contribution >= 4 is 11.9 Å². The van der Waals surface area contributed by atoms with Crippen LogP contribution in [0, 0.1) is 0 Å². The molecule has 0 spiro atoms. The van der Waals surface area contributed by atoms with Crippen LogP contribution in [0.5, 0.6) is 0 Å². The van der Waals surface area contributed by atoms with Gasteiger partial charge >= 0.3 is 6.09 Å². The van der Waals surface area contributed by atoms with E-state index < -0.39 is 0 Å². The molecule has 1 aliphatic carbocycles. The molecule has 0 unspecified atom stereocenters. The Morgan fingerprint density at radius 2 is 1.81 bits per heavy atom. The van der Waals surface area contributed by atoms with Gasteiger partial charge in [-0.2, -0.15) is 0 Å². The van der Waals surface area contributed by atoms with Gasteiger partial charge in [0.15, 0.2) is 0 Å². The number of hydrogen-bond acceptors (Lipinski definition) is 3. The second-order valence-electron chi connectivity index (χ2n) is 5.28. The topological polar surface area (TPSA) is 46.6 Å². The highest BCUT2D eigenvalue weighted by molar-refractivity contribution is 5.79. The number of carbonyl (C=O) groups excluding carboxylic acids is 2. The van der Waals surface area contributed by atoms with Crippen molar-refractivity contribution in [3.05, 3.63) is 0 Å². The lowest BCUT2D eigenvalue weighted by atomic mass is 9.90. The molecule has 0 aliphatic heterocycles. The normalized spacial score (nSPS) is 18.4. The SMILES string of the molecule is COC(=O)N(C1CCC(=O)CC1)C(C)(C)C. The van der Waals surface area contributed by atoms with E-state index in [2.05, 4.69) is 0 Å². The molecule has 0 radical (unpaired) electrons. The zero-order valence-electron chi connectivity index (χ0n) is 10.6. The van der Waals surface area contributed by atoms with Crippen molar-refractivity contribution < 1.29 is 14.3 Å². The van der Waals surface area contributed by atoms with Crippen molar-refractivity contribution in [1.82, 2.24) is 4.90 Å². The largest absolute Gasteiger partial charge is 0.453 e. The molecule has 16 heavy (non-hydrogen) atoms. The predicted molar refractivity (Wildman–Crippen MR) is 61.3 cm³/mol. The standard InChI is InChI=1S/C12H21NO3/c1-12(2,3)13(11(15)16-4)9-5-7-10(14)8-6-9/h9H,5-8H2,1-4H3. The van der Waals surface area contributed by atoms with Crippen molar-refractivity contribution in [2.24, 2.45) is 0 Å². The molecule has 4 heteroatoms. The molecule has 92 valence electrons. The number of ether oxygens (including phenoxy) is 1. The maximum atomic E-state index is 11.8. The van der Waals surface area contributed by atoms with Gasteiger partial charge in [-0.1, -0.05) is 0 Å². The van der Waals surface area contributed by atoms with E-state index in [-0.39, 0.29) is 17.7 Å². The molecule has 0 aromatic carbocycles. The Bertz CT molecular complexity index is 270. The van der Waals surface area contributed by atoms with E-state index in [9.17, 15) is 9.59 Å². The molecule has 0 aromatic heterocycles. The Kier molecular flexibility index (Phi) is 3.94. The smallest absolute Gasteiger partial charge is 0.410 e. The van der Waals surface area contributed by atoms with E-state index in [1.165, 1.54) is 7.11 Å². The van der Waals surface area contributed by atoms with Gasteiger partial charge in [0.05, 0.1) is 7.11 Å². The molecule has 0 heterocycles. The van der Waals surface area contributed by atoms with Crippen LogP contribution in [0.15, 0.2) is 0 Å². The van der Waals surface area contributed by atoms with Crippen LogP contribution in [-0.2, 0) is 9.53 Å². The third kappa shape index (κ3) is 2.97. The fraction of sp³-hybridized carbons (Fsp3) is 0.833. The number of methoxy groups -OCH3 is 1. The first-order valence-corrected chi connectivity index (χ1v) is 5.75. The van der Waals surface area contributed by atoms with Gasteiger partial charge in [0.2, 0.25) is 0 Å². The minimum atomic E-state index is -0.299. The summed E-state index contributed by atoms with van der Waals surface area (Å²) in [5.74, 6) is 0.301. The van der Waals surface area contributed by atoms with Crippen molar-refractivity contribution in [1.29, 1.82) is 0 Å². The van der Waals surface area contributed by atoms with Gasteiger partial charge < -0.3 is 9.64 Å². The lowest BCUT2D eigenvalue weighted by Gasteiger charge is -2.41. The summed E-state index contributed by atoms with van der Waals surface area (Å²) in [5, 5.41) is 0. The summed E-state index contributed by atoms with van der Waals surface area (Å²) in [6.07, 6.45) is 2.37. The molecule has 1 rings (SSSR count). The number of amides is 1. The van der Waals surface area contributed by atoms with Crippen LogP contribution in [0.3, 0.4) is 0 Å². The van der Waals surface area contributed by atoms with Crippen molar-refractivity contribution in [2.45, 2.75) is 58.0 Å².